The summed E-state index contributed by atoms with van der Waals surface area (Å²) in [5.74, 6) is 0.246. The second-order valence-electron chi connectivity index (χ2n) is 10.4. The van der Waals surface area contributed by atoms with Gasteiger partial charge < -0.3 is 9.64 Å². The predicted octanol–water partition coefficient (Wildman–Crippen LogP) is 6.03. The Morgan fingerprint density at radius 3 is 2.85 bits per heavy atom. The molecule has 2 heterocycles. The number of hydrogen-bond donors (Lipinski definition) is 0. The van der Waals surface area contributed by atoms with Gasteiger partial charge in [0.15, 0.2) is 10.9 Å². The van der Waals surface area contributed by atoms with Crippen molar-refractivity contribution in [3.8, 4) is 11.1 Å². The molecule has 1 aliphatic heterocycles. The Morgan fingerprint density at radius 2 is 2.00 bits per heavy atom. The fourth-order valence-electron chi connectivity index (χ4n) is 5.09. The molecule has 0 N–H and O–H groups in total. The molecule has 4 nitrogen and oxygen atoms in total. The van der Waals surface area contributed by atoms with E-state index in [0.29, 0.717) is 19.6 Å². The molecule has 1 saturated heterocycles. The molecule has 0 unspecified atom stereocenters. The van der Waals surface area contributed by atoms with Crippen LogP contribution in [-0.4, -0.2) is 36.6 Å². The molecule has 1 atom stereocenters. The Hall–Kier alpha value is -2.50. The molecule has 2 aliphatic rings. The minimum atomic E-state index is -0.00575. The lowest BCUT2D eigenvalue weighted by Crippen LogP contribution is -2.46. The van der Waals surface area contributed by atoms with Gasteiger partial charge in [0, 0.05) is 13.0 Å². The van der Waals surface area contributed by atoms with Gasteiger partial charge in [0.2, 0.25) is 0 Å². The summed E-state index contributed by atoms with van der Waals surface area (Å²) in [7, 11) is 0. The SMILES string of the molecule is Cc1ccc(C)c(-c2cccc(C[C@H]3COCCN3c3nc4c(s3)C(=O)CC(C)(C)C4)c2)c1. The second kappa shape index (κ2) is 8.69. The monoisotopic (exact) mass is 460 g/mol. The first-order valence-corrected chi connectivity index (χ1v) is 12.6. The fraction of sp³-hybridized carbons (Fsp3) is 0.429. The van der Waals surface area contributed by atoms with Gasteiger partial charge in [0.05, 0.1) is 29.8 Å². The molecule has 2 aromatic carbocycles. The van der Waals surface area contributed by atoms with Crippen LogP contribution in [0.3, 0.4) is 0 Å². The minimum Gasteiger partial charge on any atom is -0.377 e. The molecule has 5 heteroatoms. The summed E-state index contributed by atoms with van der Waals surface area (Å²) in [6, 6.07) is 15.7. The number of hydrogen-bond acceptors (Lipinski definition) is 5. The third-order valence-corrected chi connectivity index (χ3v) is 7.98. The van der Waals surface area contributed by atoms with E-state index in [1.54, 1.807) is 11.3 Å². The van der Waals surface area contributed by atoms with Crippen molar-refractivity contribution in [3.63, 3.8) is 0 Å². The lowest BCUT2D eigenvalue weighted by molar-refractivity contribution is 0.0915. The first-order valence-electron chi connectivity index (χ1n) is 11.8. The molecule has 0 saturated carbocycles. The summed E-state index contributed by atoms with van der Waals surface area (Å²) >= 11 is 1.58. The highest BCUT2D eigenvalue weighted by molar-refractivity contribution is 7.17. The molecule has 0 radical (unpaired) electrons. The third kappa shape index (κ3) is 4.62. The first kappa shape index (κ1) is 22.3. The largest absolute Gasteiger partial charge is 0.377 e. The van der Waals surface area contributed by atoms with Crippen molar-refractivity contribution in [2.75, 3.05) is 24.7 Å². The number of ether oxygens (including phenoxy) is 1. The molecule has 33 heavy (non-hydrogen) atoms. The number of aryl methyl sites for hydroxylation is 2. The average molecular weight is 461 g/mol. The van der Waals surface area contributed by atoms with Crippen LogP contribution in [0, 0.1) is 19.3 Å². The van der Waals surface area contributed by atoms with Crippen molar-refractivity contribution in [1.82, 2.24) is 4.98 Å². The summed E-state index contributed by atoms with van der Waals surface area (Å²) in [5.41, 5.74) is 7.40. The van der Waals surface area contributed by atoms with Gasteiger partial charge in [-0.15, -0.1) is 0 Å². The maximum absolute atomic E-state index is 12.7. The highest BCUT2D eigenvalue weighted by atomic mass is 32.1. The van der Waals surface area contributed by atoms with Gasteiger partial charge in [0.1, 0.15) is 0 Å². The zero-order valence-corrected chi connectivity index (χ0v) is 20.8. The highest BCUT2D eigenvalue weighted by Gasteiger charge is 2.36. The quantitative estimate of drug-likeness (QED) is 0.477. The van der Waals surface area contributed by atoms with Gasteiger partial charge in [-0.05, 0) is 54.4 Å². The van der Waals surface area contributed by atoms with Crippen molar-refractivity contribution < 1.29 is 9.53 Å². The van der Waals surface area contributed by atoms with Gasteiger partial charge >= 0.3 is 0 Å². The van der Waals surface area contributed by atoms with E-state index < -0.39 is 0 Å². The number of fused-ring (bicyclic) bond motifs is 1. The zero-order valence-electron chi connectivity index (χ0n) is 20.0. The lowest BCUT2D eigenvalue weighted by atomic mass is 9.78. The van der Waals surface area contributed by atoms with E-state index in [1.807, 2.05) is 0 Å². The Bertz CT molecular complexity index is 1200. The Labute approximate surface area is 200 Å². The van der Waals surface area contributed by atoms with Crippen LogP contribution >= 0.6 is 11.3 Å². The number of nitrogens with zero attached hydrogens (tertiary/aromatic N) is 2. The van der Waals surface area contributed by atoms with Crippen molar-refractivity contribution in [3.05, 3.63) is 69.7 Å². The number of aromatic nitrogens is 1. The molecule has 5 rings (SSSR count). The predicted molar refractivity (Wildman–Crippen MR) is 136 cm³/mol. The topological polar surface area (TPSA) is 42.4 Å². The Kier molecular flexibility index (Phi) is 5.87. The van der Waals surface area contributed by atoms with E-state index in [-0.39, 0.29) is 17.2 Å². The number of morpholine rings is 1. The highest BCUT2D eigenvalue weighted by Crippen LogP contribution is 2.40. The number of ketones is 1. The van der Waals surface area contributed by atoms with E-state index in [0.717, 1.165) is 35.1 Å². The van der Waals surface area contributed by atoms with E-state index in [1.165, 1.54) is 27.8 Å². The maximum Gasteiger partial charge on any atom is 0.186 e. The molecular weight excluding hydrogens is 428 g/mol. The van der Waals surface area contributed by atoms with Gasteiger partial charge in [-0.2, -0.15) is 0 Å². The van der Waals surface area contributed by atoms with Gasteiger partial charge in [-0.1, -0.05) is 73.2 Å². The number of rotatable bonds is 4. The summed E-state index contributed by atoms with van der Waals surface area (Å²) in [6.07, 6.45) is 2.37. The molecule has 1 aromatic heterocycles. The number of benzene rings is 2. The van der Waals surface area contributed by atoms with Crippen LogP contribution in [-0.2, 0) is 17.6 Å². The van der Waals surface area contributed by atoms with E-state index in [4.69, 9.17) is 9.72 Å². The number of anilines is 1. The molecule has 0 bridgehead atoms. The summed E-state index contributed by atoms with van der Waals surface area (Å²) in [6.45, 7) is 10.8. The molecular formula is C28H32N2O2S. The van der Waals surface area contributed by atoms with E-state index in [2.05, 4.69) is 75.1 Å². The van der Waals surface area contributed by atoms with Crippen LogP contribution in [0.1, 0.15) is 52.3 Å². The van der Waals surface area contributed by atoms with Gasteiger partial charge in [0.25, 0.3) is 0 Å². The minimum absolute atomic E-state index is 0.00575. The Balaban J connectivity index is 1.41. The standard InChI is InChI=1S/C28H32N2O2S/c1-18-8-9-19(2)23(12-18)21-7-5-6-20(13-21)14-22-17-32-11-10-30(22)27-29-24-15-28(3,4)16-25(31)26(24)33-27/h5-9,12-13,22H,10-11,14-17H2,1-4H3/t22-/m0/s1. The van der Waals surface area contributed by atoms with Gasteiger partial charge in [-0.25, -0.2) is 4.98 Å². The van der Waals surface area contributed by atoms with Crippen LogP contribution in [0.2, 0.25) is 0 Å². The van der Waals surface area contributed by atoms with Crippen LogP contribution < -0.4 is 4.90 Å². The number of Topliss-reactive ketones (excluding diaryl/α,β-unsaturated/α-hetero) is 1. The fourth-order valence-corrected chi connectivity index (χ4v) is 6.21. The normalized spacial score (nSPS) is 20.1. The van der Waals surface area contributed by atoms with Crippen LogP contribution in [0.15, 0.2) is 42.5 Å². The van der Waals surface area contributed by atoms with Crippen molar-refractivity contribution in [1.29, 1.82) is 0 Å². The Morgan fingerprint density at radius 1 is 1.15 bits per heavy atom. The number of carbonyl (C=O) groups is 1. The van der Waals surface area contributed by atoms with Crippen molar-refractivity contribution >= 4 is 22.3 Å². The molecule has 1 aliphatic carbocycles. The van der Waals surface area contributed by atoms with Crippen LogP contribution in [0.25, 0.3) is 11.1 Å². The number of carbonyl (C=O) groups excluding carboxylic acids is 1. The van der Waals surface area contributed by atoms with E-state index >= 15 is 0 Å². The average Bonchev–Trinajstić information content (AvgIpc) is 3.19. The van der Waals surface area contributed by atoms with Gasteiger partial charge in [-0.3, -0.25) is 4.79 Å². The van der Waals surface area contributed by atoms with Crippen LogP contribution in [0.5, 0.6) is 0 Å². The molecule has 172 valence electrons. The first-order chi connectivity index (χ1) is 15.8. The summed E-state index contributed by atoms with van der Waals surface area (Å²) in [5, 5.41) is 0.977. The summed E-state index contributed by atoms with van der Waals surface area (Å²) < 4.78 is 5.88. The van der Waals surface area contributed by atoms with Crippen molar-refractivity contribution in [2.45, 2.75) is 53.0 Å². The molecule has 1 fully saturated rings. The van der Waals surface area contributed by atoms with E-state index in [9.17, 15) is 4.79 Å². The maximum atomic E-state index is 12.7. The smallest absolute Gasteiger partial charge is 0.186 e. The van der Waals surface area contributed by atoms with Crippen molar-refractivity contribution in [2.24, 2.45) is 5.41 Å². The van der Waals surface area contributed by atoms with Crippen LogP contribution in [0.4, 0.5) is 5.13 Å². The number of thiazole rings is 1. The lowest BCUT2D eigenvalue weighted by Gasteiger charge is -2.35. The molecule has 0 spiro atoms. The second-order valence-corrected chi connectivity index (χ2v) is 11.3. The zero-order chi connectivity index (χ0) is 23.2. The molecule has 3 aromatic rings. The third-order valence-electron chi connectivity index (χ3n) is 6.80. The molecule has 0 amide bonds. The summed E-state index contributed by atoms with van der Waals surface area (Å²) in [4.78, 5) is 20.9.